The monoisotopic (exact) mass is 479 g/mol. The Kier molecular flexibility index (Phi) is 5.39. The predicted octanol–water partition coefficient (Wildman–Crippen LogP) is 3.03. The number of halogens is 1. The van der Waals surface area contributed by atoms with E-state index in [1.54, 1.807) is 29.2 Å². The highest BCUT2D eigenvalue weighted by molar-refractivity contribution is 5.89. The van der Waals surface area contributed by atoms with E-state index in [-0.39, 0.29) is 11.9 Å². The van der Waals surface area contributed by atoms with Crippen molar-refractivity contribution in [3.8, 4) is 5.75 Å². The van der Waals surface area contributed by atoms with E-state index >= 15 is 0 Å². The Morgan fingerprint density at radius 1 is 1.06 bits per heavy atom. The van der Waals surface area contributed by atoms with Crippen LogP contribution in [0.25, 0.3) is 11.0 Å². The number of aromatic nitrogens is 5. The number of benzene rings is 2. The minimum Gasteiger partial charge on any atom is -0.487 e. The molecule has 0 aliphatic carbocycles. The molecule has 4 aromatic rings. The second-order valence-corrected chi connectivity index (χ2v) is 8.60. The van der Waals surface area contributed by atoms with Gasteiger partial charge in [-0.15, -0.1) is 5.10 Å². The minimum atomic E-state index is -0.518. The first-order valence-electron chi connectivity index (χ1n) is 11.4. The zero-order valence-electron chi connectivity index (χ0n) is 18.7. The predicted molar refractivity (Wildman–Crippen MR) is 122 cm³/mol. The fourth-order valence-corrected chi connectivity index (χ4v) is 4.50. The lowest BCUT2D eigenvalue weighted by atomic mass is 10.1. The Bertz CT molecular complexity index is 1340. The maximum absolute atomic E-state index is 14.9. The average Bonchev–Trinajstić information content (AvgIpc) is 3.62. The number of rotatable bonds is 6. The molecule has 0 bridgehead atoms. The van der Waals surface area contributed by atoms with Crippen LogP contribution in [-0.4, -0.2) is 63.2 Å². The number of hydrogen-bond donors (Lipinski definition) is 0. The summed E-state index contributed by atoms with van der Waals surface area (Å²) in [6.45, 7) is 2.23. The Morgan fingerprint density at radius 3 is 2.69 bits per heavy atom. The lowest BCUT2D eigenvalue weighted by Crippen LogP contribution is -2.38. The molecule has 12 heteroatoms. The fourth-order valence-electron chi connectivity index (χ4n) is 4.50. The highest BCUT2D eigenvalue weighted by Crippen LogP contribution is 2.30. The van der Waals surface area contributed by atoms with Crippen molar-refractivity contribution in [2.24, 2.45) is 0 Å². The van der Waals surface area contributed by atoms with Gasteiger partial charge in [0, 0.05) is 43.9 Å². The van der Waals surface area contributed by atoms with Gasteiger partial charge in [-0.05, 0) is 40.6 Å². The van der Waals surface area contributed by atoms with Gasteiger partial charge in [-0.25, -0.2) is 18.5 Å². The van der Waals surface area contributed by atoms with Crippen LogP contribution in [0.1, 0.15) is 12.8 Å². The van der Waals surface area contributed by atoms with Crippen molar-refractivity contribution in [3.05, 3.63) is 54.6 Å². The summed E-state index contributed by atoms with van der Waals surface area (Å²) in [6.07, 6.45) is 3.73. The maximum Gasteiger partial charge on any atom is 0.414 e. The minimum absolute atomic E-state index is 0.104. The van der Waals surface area contributed by atoms with Crippen LogP contribution in [0.5, 0.6) is 5.75 Å². The van der Waals surface area contributed by atoms with E-state index < -0.39 is 18.0 Å². The molecular formula is C23H22FN7O4. The second-order valence-electron chi connectivity index (χ2n) is 8.60. The average molecular weight is 479 g/mol. The molecule has 2 aromatic carbocycles. The molecule has 6 rings (SSSR count). The molecule has 2 aromatic heterocycles. The lowest BCUT2D eigenvalue weighted by molar-refractivity contribution is 0.129. The van der Waals surface area contributed by atoms with Crippen molar-refractivity contribution in [1.82, 2.24) is 25.3 Å². The largest absolute Gasteiger partial charge is 0.487 e. The van der Waals surface area contributed by atoms with Gasteiger partial charge in [-0.3, -0.25) is 4.90 Å². The van der Waals surface area contributed by atoms with Crippen LogP contribution < -0.4 is 14.5 Å². The van der Waals surface area contributed by atoms with Crippen LogP contribution in [0.15, 0.2) is 53.4 Å². The Labute approximate surface area is 199 Å². The van der Waals surface area contributed by atoms with Gasteiger partial charge in [0.1, 0.15) is 23.2 Å². The normalized spacial score (nSPS) is 18.9. The molecule has 35 heavy (non-hydrogen) atoms. The van der Waals surface area contributed by atoms with Crippen LogP contribution in [0.3, 0.4) is 0 Å². The quantitative estimate of drug-likeness (QED) is 0.412. The van der Waals surface area contributed by atoms with Crippen molar-refractivity contribution in [1.29, 1.82) is 0 Å². The number of carbonyl (C=O) groups excluding carboxylic acids is 1. The van der Waals surface area contributed by atoms with E-state index in [4.69, 9.17) is 14.1 Å². The molecule has 2 aliphatic rings. The molecule has 4 heterocycles. The number of amides is 1. The molecule has 2 saturated heterocycles. The van der Waals surface area contributed by atoms with Gasteiger partial charge in [0.05, 0.1) is 25.0 Å². The number of fused-ring (bicyclic) bond motifs is 1. The fraction of sp³-hybridized carbons (Fsp3) is 0.348. The molecule has 0 N–H and O–H groups in total. The summed E-state index contributed by atoms with van der Waals surface area (Å²) < 4.78 is 32.6. The number of cyclic esters (lactones) is 1. The van der Waals surface area contributed by atoms with E-state index in [1.165, 1.54) is 11.0 Å². The van der Waals surface area contributed by atoms with Crippen LogP contribution in [-0.2, 0) is 11.3 Å². The molecular weight excluding hydrogens is 457 g/mol. The van der Waals surface area contributed by atoms with Crippen molar-refractivity contribution >= 4 is 28.5 Å². The molecule has 2 fully saturated rings. The molecule has 1 atom stereocenters. The van der Waals surface area contributed by atoms with Crippen molar-refractivity contribution in [3.63, 3.8) is 0 Å². The first-order valence-corrected chi connectivity index (χ1v) is 11.4. The number of carbonyl (C=O) groups is 1. The lowest BCUT2D eigenvalue weighted by Gasteiger charge is -2.33. The Balaban J connectivity index is 1.06. The maximum atomic E-state index is 14.9. The van der Waals surface area contributed by atoms with Gasteiger partial charge in [-0.1, -0.05) is 5.21 Å². The highest BCUT2D eigenvalue weighted by atomic mass is 19.1. The van der Waals surface area contributed by atoms with Gasteiger partial charge in [0.25, 0.3) is 0 Å². The molecule has 1 amide bonds. The molecule has 0 saturated carbocycles. The van der Waals surface area contributed by atoms with Gasteiger partial charge >= 0.3 is 6.09 Å². The van der Waals surface area contributed by atoms with Crippen molar-refractivity contribution in [2.45, 2.75) is 31.6 Å². The standard InChI is InChI=1S/C23H22FN7O4/c24-19-11-16(31-14-18(34-23(31)32)13-30-10-7-25-28-30)2-4-22(19)33-17-5-8-29(9-6-17)15-1-3-20-21(12-15)27-35-26-20/h1-4,7,10-12,17-18H,5-6,8-9,13-14H2/t18-/m0/s1. The second kappa shape index (κ2) is 8.85. The van der Waals surface area contributed by atoms with E-state index in [2.05, 4.69) is 25.5 Å². The van der Waals surface area contributed by atoms with Crippen molar-refractivity contribution in [2.75, 3.05) is 29.4 Å². The molecule has 0 radical (unpaired) electrons. The molecule has 11 nitrogen and oxygen atoms in total. The van der Waals surface area contributed by atoms with Crippen LogP contribution >= 0.6 is 0 Å². The van der Waals surface area contributed by atoms with Crippen LogP contribution in [0.2, 0.25) is 0 Å². The van der Waals surface area contributed by atoms with E-state index in [0.717, 1.165) is 42.7 Å². The number of ether oxygens (including phenoxy) is 2. The first-order chi connectivity index (χ1) is 17.1. The summed E-state index contributed by atoms with van der Waals surface area (Å²) in [5, 5.41) is 15.4. The first kappa shape index (κ1) is 21.3. The third-order valence-corrected chi connectivity index (χ3v) is 6.30. The van der Waals surface area contributed by atoms with Gasteiger partial charge < -0.3 is 14.4 Å². The van der Waals surface area contributed by atoms with Gasteiger partial charge in [-0.2, -0.15) is 0 Å². The molecule has 0 spiro atoms. The summed E-state index contributed by atoms with van der Waals surface area (Å²) in [7, 11) is 0. The van der Waals surface area contributed by atoms with Crippen LogP contribution in [0.4, 0.5) is 20.6 Å². The highest BCUT2D eigenvalue weighted by Gasteiger charge is 2.33. The van der Waals surface area contributed by atoms with Crippen molar-refractivity contribution < 1.29 is 23.3 Å². The number of nitrogens with zero attached hydrogens (tertiary/aromatic N) is 7. The number of piperidine rings is 1. The van der Waals surface area contributed by atoms with Gasteiger partial charge in [0.15, 0.2) is 11.6 Å². The summed E-state index contributed by atoms with van der Waals surface area (Å²) in [5.74, 6) is -0.338. The molecule has 180 valence electrons. The summed E-state index contributed by atoms with van der Waals surface area (Å²) in [4.78, 5) is 16.0. The summed E-state index contributed by atoms with van der Waals surface area (Å²) in [5.41, 5.74) is 2.91. The summed E-state index contributed by atoms with van der Waals surface area (Å²) in [6, 6.07) is 10.4. The summed E-state index contributed by atoms with van der Waals surface area (Å²) >= 11 is 0. The topological polar surface area (TPSA) is 112 Å². The molecule has 2 aliphatic heterocycles. The van der Waals surface area contributed by atoms with E-state index in [9.17, 15) is 9.18 Å². The van der Waals surface area contributed by atoms with E-state index in [1.807, 2.05) is 18.2 Å². The van der Waals surface area contributed by atoms with E-state index in [0.29, 0.717) is 18.8 Å². The smallest absolute Gasteiger partial charge is 0.414 e. The zero-order chi connectivity index (χ0) is 23.8. The third-order valence-electron chi connectivity index (χ3n) is 6.30. The molecule has 0 unspecified atom stereocenters. The number of hydrogen-bond acceptors (Lipinski definition) is 9. The Morgan fingerprint density at radius 2 is 1.89 bits per heavy atom. The van der Waals surface area contributed by atoms with Crippen LogP contribution in [0, 0.1) is 5.82 Å². The Hall–Kier alpha value is -4.22. The SMILES string of the molecule is O=C1O[C@@H](Cn2ccnn2)CN1c1ccc(OC2CCN(c3ccc4nonc4c3)CC2)c(F)c1. The zero-order valence-corrected chi connectivity index (χ0v) is 18.7. The third kappa shape index (κ3) is 4.34. The number of anilines is 2. The van der Waals surface area contributed by atoms with Gasteiger partial charge in [0.2, 0.25) is 0 Å².